The molecule has 3 heteroatoms. The van der Waals surface area contributed by atoms with Gasteiger partial charge >= 0.3 is 0 Å². The molecule has 0 aromatic heterocycles. The van der Waals surface area contributed by atoms with E-state index in [1.54, 1.807) is 0 Å². The normalized spacial score (nSPS) is 11.0. The Labute approximate surface area is 171 Å². The average Bonchev–Trinajstić information content (AvgIpc) is 2.73. The first-order valence-corrected chi connectivity index (χ1v) is 10.8. The van der Waals surface area contributed by atoms with Crippen molar-refractivity contribution in [2.75, 3.05) is 26.2 Å². The van der Waals surface area contributed by atoms with Gasteiger partial charge in [-0.15, -0.1) is 0 Å². The minimum atomic E-state index is 0.209. The van der Waals surface area contributed by atoms with E-state index in [2.05, 4.69) is 30.9 Å². The monoisotopic (exact) mass is 380 g/mol. The minimum absolute atomic E-state index is 0.209. The Bertz CT molecular complexity index is 649. The topological polar surface area (TPSA) is 23.6 Å². The third-order valence-corrected chi connectivity index (χ3v) is 5.11. The third-order valence-electron chi connectivity index (χ3n) is 5.11. The average molecular weight is 381 g/mol. The zero-order valence-corrected chi connectivity index (χ0v) is 17.6. The first kappa shape index (κ1) is 22.2. The number of hydrogen-bond donors (Lipinski definition) is 0. The fourth-order valence-electron chi connectivity index (χ4n) is 3.34. The number of nitrogens with zero attached hydrogens (tertiary/aromatic N) is 2. The maximum atomic E-state index is 13.1. The van der Waals surface area contributed by atoms with Crippen molar-refractivity contribution in [1.82, 2.24) is 9.80 Å². The molecule has 3 nitrogen and oxygen atoms in total. The van der Waals surface area contributed by atoms with Crippen molar-refractivity contribution >= 4 is 5.91 Å². The van der Waals surface area contributed by atoms with Crippen molar-refractivity contribution < 1.29 is 4.79 Å². The predicted octanol–water partition coefficient (Wildman–Crippen LogP) is 5.16. The van der Waals surface area contributed by atoms with Crippen molar-refractivity contribution in [2.45, 2.75) is 52.5 Å². The molecule has 0 heterocycles. The van der Waals surface area contributed by atoms with Crippen LogP contribution in [0.25, 0.3) is 0 Å². The molecule has 0 bridgehead atoms. The first-order valence-electron chi connectivity index (χ1n) is 10.8. The summed E-state index contributed by atoms with van der Waals surface area (Å²) in [7, 11) is 0. The van der Waals surface area contributed by atoms with Crippen LogP contribution in [0.3, 0.4) is 0 Å². The van der Waals surface area contributed by atoms with Crippen LogP contribution in [0, 0.1) is 0 Å². The molecule has 0 radical (unpaired) electrons. The number of rotatable bonds is 13. The maximum Gasteiger partial charge on any atom is 0.227 e. The second kappa shape index (κ2) is 13.1. The van der Waals surface area contributed by atoms with Crippen molar-refractivity contribution in [3.63, 3.8) is 0 Å². The molecule has 0 aliphatic rings. The standard InChI is InChI=1S/C25H36N2O/c1-3-5-17-26(18-6-4-2)19-20-27(22-24-15-11-8-12-16-24)25(28)21-23-13-9-7-10-14-23/h7-16H,3-6,17-22H2,1-2H3. The summed E-state index contributed by atoms with van der Waals surface area (Å²) in [6.45, 7) is 9.15. The number of unbranched alkanes of at least 4 members (excludes halogenated alkanes) is 2. The Kier molecular flexibility index (Phi) is 10.4. The van der Waals surface area contributed by atoms with E-state index in [0.29, 0.717) is 13.0 Å². The van der Waals surface area contributed by atoms with Gasteiger partial charge in [-0.2, -0.15) is 0 Å². The van der Waals surface area contributed by atoms with Gasteiger partial charge in [0.25, 0.3) is 0 Å². The number of benzene rings is 2. The summed E-state index contributed by atoms with van der Waals surface area (Å²) in [5, 5.41) is 0. The third kappa shape index (κ3) is 8.26. The Balaban J connectivity index is 2.02. The molecule has 0 aliphatic carbocycles. The van der Waals surface area contributed by atoms with Crippen LogP contribution in [0.15, 0.2) is 60.7 Å². The van der Waals surface area contributed by atoms with Crippen LogP contribution in [0.1, 0.15) is 50.7 Å². The van der Waals surface area contributed by atoms with E-state index < -0.39 is 0 Å². The predicted molar refractivity (Wildman–Crippen MR) is 118 cm³/mol. The molecule has 0 aliphatic heterocycles. The van der Waals surface area contributed by atoms with Gasteiger partial charge in [0.2, 0.25) is 5.91 Å². The number of carbonyl (C=O) groups excluding carboxylic acids is 1. The highest BCUT2D eigenvalue weighted by Crippen LogP contribution is 2.09. The smallest absolute Gasteiger partial charge is 0.227 e. The lowest BCUT2D eigenvalue weighted by molar-refractivity contribution is -0.131. The van der Waals surface area contributed by atoms with Crippen LogP contribution in [0.2, 0.25) is 0 Å². The zero-order chi connectivity index (χ0) is 20.0. The van der Waals surface area contributed by atoms with E-state index in [9.17, 15) is 4.79 Å². The van der Waals surface area contributed by atoms with E-state index in [1.165, 1.54) is 31.2 Å². The van der Waals surface area contributed by atoms with Gasteiger partial charge in [-0.25, -0.2) is 0 Å². The SMILES string of the molecule is CCCCN(CCCC)CCN(Cc1ccccc1)C(=O)Cc1ccccc1. The van der Waals surface area contributed by atoms with Crippen molar-refractivity contribution in [3.8, 4) is 0 Å². The lowest BCUT2D eigenvalue weighted by Gasteiger charge is -2.28. The number of hydrogen-bond acceptors (Lipinski definition) is 2. The van der Waals surface area contributed by atoms with Crippen molar-refractivity contribution in [2.24, 2.45) is 0 Å². The fraction of sp³-hybridized carbons (Fsp3) is 0.480. The van der Waals surface area contributed by atoms with Gasteiger partial charge in [0.05, 0.1) is 6.42 Å². The van der Waals surface area contributed by atoms with Gasteiger partial charge in [-0.05, 0) is 37.1 Å². The van der Waals surface area contributed by atoms with E-state index in [0.717, 1.165) is 31.7 Å². The van der Waals surface area contributed by atoms with Crippen molar-refractivity contribution in [1.29, 1.82) is 0 Å². The van der Waals surface area contributed by atoms with Gasteiger partial charge in [0.1, 0.15) is 0 Å². The van der Waals surface area contributed by atoms with Crippen LogP contribution >= 0.6 is 0 Å². The van der Waals surface area contributed by atoms with E-state index in [1.807, 2.05) is 53.4 Å². The van der Waals surface area contributed by atoms with E-state index in [-0.39, 0.29) is 5.91 Å². The number of carbonyl (C=O) groups is 1. The summed E-state index contributed by atoms with van der Waals surface area (Å²) in [6.07, 6.45) is 5.34. The first-order chi connectivity index (χ1) is 13.7. The summed E-state index contributed by atoms with van der Waals surface area (Å²) < 4.78 is 0. The molecule has 0 atom stereocenters. The second-order valence-electron chi connectivity index (χ2n) is 7.51. The van der Waals surface area contributed by atoms with Crippen LogP contribution in [-0.2, 0) is 17.8 Å². The highest BCUT2D eigenvalue weighted by molar-refractivity contribution is 5.78. The lowest BCUT2D eigenvalue weighted by atomic mass is 10.1. The Hall–Kier alpha value is -2.13. The van der Waals surface area contributed by atoms with Crippen LogP contribution in [0.5, 0.6) is 0 Å². The van der Waals surface area contributed by atoms with Crippen LogP contribution in [-0.4, -0.2) is 41.9 Å². The van der Waals surface area contributed by atoms with Crippen molar-refractivity contribution in [3.05, 3.63) is 71.8 Å². The molecule has 0 spiro atoms. The van der Waals surface area contributed by atoms with E-state index >= 15 is 0 Å². The summed E-state index contributed by atoms with van der Waals surface area (Å²) in [6, 6.07) is 20.4. The van der Waals surface area contributed by atoms with E-state index in [4.69, 9.17) is 0 Å². The minimum Gasteiger partial charge on any atom is -0.337 e. The Morgan fingerprint density at radius 2 is 1.25 bits per heavy atom. The summed E-state index contributed by atoms with van der Waals surface area (Å²) in [5.41, 5.74) is 2.27. The molecule has 152 valence electrons. The summed E-state index contributed by atoms with van der Waals surface area (Å²) in [5.74, 6) is 0.209. The fourth-order valence-corrected chi connectivity index (χ4v) is 3.34. The molecule has 2 aromatic rings. The van der Waals surface area contributed by atoms with Crippen LogP contribution < -0.4 is 0 Å². The van der Waals surface area contributed by atoms with Gasteiger partial charge in [0.15, 0.2) is 0 Å². The van der Waals surface area contributed by atoms with Gasteiger partial charge in [-0.1, -0.05) is 87.4 Å². The van der Waals surface area contributed by atoms with Gasteiger partial charge < -0.3 is 9.80 Å². The molecule has 0 fully saturated rings. The Morgan fingerprint density at radius 1 is 0.714 bits per heavy atom. The summed E-state index contributed by atoms with van der Waals surface area (Å²) >= 11 is 0. The molecule has 0 unspecified atom stereocenters. The molecule has 1 amide bonds. The molecular formula is C25H36N2O. The van der Waals surface area contributed by atoms with Crippen LogP contribution in [0.4, 0.5) is 0 Å². The molecular weight excluding hydrogens is 344 g/mol. The highest BCUT2D eigenvalue weighted by atomic mass is 16.2. The highest BCUT2D eigenvalue weighted by Gasteiger charge is 2.16. The number of amides is 1. The zero-order valence-electron chi connectivity index (χ0n) is 17.6. The molecule has 2 aromatic carbocycles. The lowest BCUT2D eigenvalue weighted by Crippen LogP contribution is -2.39. The molecule has 0 saturated carbocycles. The van der Waals surface area contributed by atoms with Gasteiger partial charge in [-0.3, -0.25) is 4.79 Å². The summed E-state index contributed by atoms with van der Waals surface area (Å²) in [4.78, 5) is 17.6. The quantitative estimate of drug-likeness (QED) is 0.479. The molecule has 28 heavy (non-hydrogen) atoms. The van der Waals surface area contributed by atoms with Gasteiger partial charge in [0, 0.05) is 19.6 Å². The molecule has 2 rings (SSSR count). The Morgan fingerprint density at radius 3 is 1.79 bits per heavy atom. The molecule has 0 N–H and O–H groups in total. The maximum absolute atomic E-state index is 13.1. The largest absolute Gasteiger partial charge is 0.337 e. The molecule has 0 saturated heterocycles. The second-order valence-corrected chi connectivity index (χ2v) is 7.51.